The summed E-state index contributed by atoms with van der Waals surface area (Å²) in [7, 11) is 4.13. The van der Waals surface area contributed by atoms with Crippen LogP contribution in [0.4, 0.5) is 0 Å². The first-order chi connectivity index (χ1) is 7.97. The van der Waals surface area contributed by atoms with Crippen molar-refractivity contribution in [3.8, 4) is 0 Å². The molecule has 1 rings (SSSR count). The van der Waals surface area contributed by atoms with E-state index in [1.54, 1.807) is 0 Å². The number of rotatable bonds is 5. The van der Waals surface area contributed by atoms with E-state index in [1.165, 1.54) is 5.56 Å². The molecule has 17 heavy (non-hydrogen) atoms. The molecular weight excluding hydrogens is 278 g/mol. The van der Waals surface area contributed by atoms with Crippen LogP contribution in [0, 0.1) is 11.8 Å². The molecule has 0 saturated carbocycles. The Balaban J connectivity index is 3.08. The van der Waals surface area contributed by atoms with Crippen LogP contribution in [0.2, 0.25) is 0 Å². The van der Waals surface area contributed by atoms with Gasteiger partial charge in [0.25, 0.3) is 0 Å². The molecule has 0 aliphatic heterocycles. The number of aliphatic hydroxyl groups excluding tert-OH is 1. The molecule has 2 nitrogen and oxygen atoms in total. The Morgan fingerprint density at radius 2 is 1.94 bits per heavy atom. The molecule has 1 N–H and O–H groups in total. The van der Waals surface area contributed by atoms with Crippen molar-refractivity contribution in [1.82, 2.24) is 4.90 Å². The molecule has 0 saturated heterocycles. The van der Waals surface area contributed by atoms with Gasteiger partial charge in [0.05, 0.1) is 0 Å². The second-order valence-electron chi connectivity index (χ2n) is 5.05. The van der Waals surface area contributed by atoms with Crippen LogP contribution in [0.25, 0.3) is 0 Å². The second kappa shape index (κ2) is 6.53. The molecule has 0 bridgehead atoms. The zero-order valence-electron chi connectivity index (χ0n) is 11.0. The molecule has 0 heterocycles. The summed E-state index contributed by atoms with van der Waals surface area (Å²) in [6.07, 6.45) is 0. The Morgan fingerprint density at radius 1 is 1.29 bits per heavy atom. The highest BCUT2D eigenvalue weighted by atomic mass is 79.9. The van der Waals surface area contributed by atoms with E-state index in [4.69, 9.17) is 0 Å². The van der Waals surface area contributed by atoms with Crippen LogP contribution in [0.3, 0.4) is 0 Å². The van der Waals surface area contributed by atoms with Crippen molar-refractivity contribution in [2.75, 3.05) is 20.7 Å². The van der Waals surface area contributed by atoms with Gasteiger partial charge in [0, 0.05) is 23.0 Å². The number of nitrogens with zero attached hydrogens (tertiary/aromatic N) is 1. The van der Waals surface area contributed by atoms with E-state index >= 15 is 0 Å². The first kappa shape index (κ1) is 14.7. The summed E-state index contributed by atoms with van der Waals surface area (Å²) in [6.45, 7) is 4.54. The summed E-state index contributed by atoms with van der Waals surface area (Å²) >= 11 is 3.51. The largest absolute Gasteiger partial charge is 0.396 e. The Kier molecular flexibility index (Phi) is 5.63. The molecule has 0 amide bonds. The molecule has 0 aliphatic carbocycles. The van der Waals surface area contributed by atoms with Crippen LogP contribution in [0.1, 0.15) is 25.5 Å². The molecule has 0 radical (unpaired) electrons. The van der Waals surface area contributed by atoms with Crippen LogP contribution >= 0.6 is 15.9 Å². The van der Waals surface area contributed by atoms with Gasteiger partial charge in [-0.05, 0) is 37.7 Å². The fourth-order valence-corrected chi connectivity index (χ4v) is 2.71. The lowest BCUT2D eigenvalue weighted by atomic mass is 9.84. The van der Waals surface area contributed by atoms with Gasteiger partial charge in [0.15, 0.2) is 0 Å². The zero-order valence-corrected chi connectivity index (χ0v) is 12.6. The average Bonchev–Trinajstić information content (AvgIpc) is 2.24. The molecule has 96 valence electrons. The molecule has 3 heteroatoms. The number of aliphatic hydroxyl groups is 1. The van der Waals surface area contributed by atoms with Crippen molar-refractivity contribution >= 4 is 15.9 Å². The lowest BCUT2D eigenvalue weighted by Gasteiger charge is -2.34. The van der Waals surface area contributed by atoms with E-state index in [0.29, 0.717) is 5.92 Å². The third-order valence-corrected chi connectivity index (χ3v) is 3.71. The Bertz CT molecular complexity index is 352. The minimum atomic E-state index is 0.215. The van der Waals surface area contributed by atoms with Gasteiger partial charge in [-0.25, -0.2) is 0 Å². The van der Waals surface area contributed by atoms with E-state index in [2.05, 4.69) is 60.9 Å². The summed E-state index contributed by atoms with van der Waals surface area (Å²) in [4.78, 5) is 2.18. The Morgan fingerprint density at radius 3 is 2.35 bits per heavy atom. The number of hydrogen-bond donors (Lipinski definition) is 1. The summed E-state index contributed by atoms with van der Waals surface area (Å²) in [5.41, 5.74) is 1.25. The molecular formula is C14H22BrNO. The van der Waals surface area contributed by atoms with E-state index in [9.17, 15) is 5.11 Å². The molecule has 0 spiro atoms. The summed E-state index contributed by atoms with van der Waals surface area (Å²) < 4.78 is 1.09. The van der Waals surface area contributed by atoms with Gasteiger partial charge in [-0.15, -0.1) is 0 Å². The van der Waals surface area contributed by atoms with Crippen molar-refractivity contribution in [1.29, 1.82) is 0 Å². The van der Waals surface area contributed by atoms with Crippen LogP contribution in [-0.2, 0) is 0 Å². The maximum absolute atomic E-state index is 9.61. The quantitative estimate of drug-likeness (QED) is 0.902. The smallest absolute Gasteiger partial charge is 0.0480 e. The van der Waals surface area contributed by atoms with E-state index < -0.39 is 0 Å². The standard InChI is InChI=1S/C14H22BrNO/c1-10(2)13(9-17)14(16(3)4)11-6-5-7-12(15)8-11/h5-8,10,13-14,17H,9H2,1-4H3. The zero-order chi connectivity index (χ0) is 13.0. The number of benzene rings is 1. The highest BCUT2D eigenvalue weighted by Gasteiger charge is 2.27. The number of hydrogen-bond acceptors (Lipinski definition) is 2. The van der Waals surface area contributed by atoms with Gasteiger partial charge >= 0.3 is 0 Å². The predicted molar refractivity (Wildman–Crippen MR) is 76.0 cm³/mol. The monoisotopic (exact) mass is 299 g/mol. The van der Waals surface area contributed by atoms with E-state index in [1.807, 2.05) is 12.1 Å². The SMILES string of the molecule is CC(C)C(CO)C(c1cccc(Br)c1)N(C)C. The molecule has 1 aromatic rings. The molecule has 0 aliphatic rings. The molecule has 2 atom stereocenters. The van der Waals surface area contributed by atoms with Crippen molar-refractivity contribution in [2.45, 2.75) is 19.9 Å². The lowest BCUT2D eigenvalue weighted by molar-refractivity contribution is 0.100. The molecule has 1 aromatic carbocycles. The van der Waals surface area contributed by atoms with Crippen LogP contribution in [0.5, 0.6) is 0 Å². The van der Waals surface area contributed by atoms with Gasteiger partial charge in [-0.1, -0.05) is 41.9 Å². The van der Waals surface area contributed by atoms with Crippen molar-refractivity contribution < 1.29 is 5.11 Å². The second-order valence-corrected chi connectivity index (χ2v) is 5.97. The maximum atomic E-state index is 9.61. The maximum Gasteiger partial charge on any atom is 0.0480 e. The topological polar surface area (TPSA) is 23.5 Å². The summed E-state index contributed by atoms with van der Waals surface area (Å²) in [6, 6.07) is 8.58. The van der Waals surface area contributed by atoms with Crippen molar-refractivity contribution in [3.05, 3.63) is 34.3 Å². The molecule has 0 aromatic heterocycles. The third-order valence-electron chi connectivity index (χ3n) is 3.22. The summed E-state index contributed by atoms with van der Waals surface area (Å²) in [5.74, 6) is 0.700. The van der Waals surface area contributed by atoms with Gasteiger partial charge in [0.2, 0.25) is 0 Å². The first-order valence-electron chi connectivity index (χ1n) is 6.00. The van der Waals surface area contributed by atoms with Gasteiger partial charge in [-0.3, -0.25) is 0 Å². The van der Waals surface area contributed by atoms with Gasteiger partial charge in [-0.2, -0.15) is 0 Å². The number of halogens is 1. The van der Waals surface area contributed by atoms with Crippen LogP contribution in [-0.4, -0.2) is 30.7 Å². The predicted octanol–water partition coefficient (Wildman–Crippen LogP) is 3.32. The normalized spacial score (nSPS) is 15.3. The first-order valence-corrected chi connectivity index (χ1v) is 6.79. The van der Waals surface area contributed by atoms with Crippen LogP contribution < -0.4 is 0 Å². The third kappa shape index (κ3) is 3.80. The molecule has 2 unspecified atom stereocenters. The van der Waals surface area contributed by atoms with Crippen LogP contribution in [0.15, 0.2) is 28.7 Å². The Labute approximate surface area is 113 Å². The average molecular weight is 300 g/mol. The summed E-state index contributed by atoms with van der Waals surface area (Å²) in [5, 5.41) is 9.61. The van der Waals surface area contributed by atoms with E-state index in [-0.39, 0.29) is 18.6 Å². The lowest BCUT2D eigenvalue weighted by Crippen LogP contribution is -2.32. The highest BCUT2D eigenvalue weighted by Crippen LogP contribution is 2.32. The highest BCUT2D eigenvalue weighted by molar-refractivity contribution is 9.10. The van der Waals surface area contributed by atoms with Gasteiger partial charge < -0.3 is 10.0 Å². The Hall–Kier alpha value is -0.380. The minimum absolute atomic E-state index is 0.215. The van der Waals surface area contributed by atoms with E-state index in [0.717, 1.165) is 4.47 Å². The molecule has 0 fully saturated rings. The van der Waals surface area contributed by atoms with Crippen molar-refractivity contribution in [2.24, 2.45) is 11.8 Å². The fourth-order valence-electron chi connectivity index (χ4n) is 2.29. The minimum Gasteiger partial charge on any atom is -0.396 e. The van der Waals surface area contributed by atoms with Crippen molar-refractivity contribution in [3.63, 3.8) is 0 Å². The van der Waals surface area contributed by atoms with Gasteiger partial charge in [0.1, 0.15) is 0 Å². The fraction of sp³-hybridized carbons (Fsp3) is 0.571.